The van der Waals surface area contributed by atoms with Crippen LogP contribution in [0.1, 0.15) is 0 Å². The second-order valence-corrected chi connectivity index (χ2v) is 2.88. The van der Waals surface area contributed by atoms with Gasteiger partial charge < -0.3 is 5.73 Å². The number of hydrogen-bond acceptors (Lipinski definition) is 3. The summed E-state index contributed by atoms with van der Waals surface area (Å²) in [6.07, 6.45) is 2.91. The van der Waals surface area contributed by atoms with Crippen molar-refractivity contribution in [2.45, 2.75) is 6.54 Å². The fourth-order valence-electron chi connectivity index (χ4n) is 0.769. The maximum Gasteiger partial charge on any atom is 0.278 e. The van der Waals surface area contributed by atoms with E-state index in [2.05, 4.69) is 4.98 Å². The molecule has 2 N–H and O–H groups in total. The van der Waals surface area contributed by atoms with Gasteiger partial charge in [0.2, 0.25) is 0 Å². The molecule has 0 radical (unpaired) electrons. The molecule has 0 bridgehead atoms. The highest BCUT2D eigenvalue weighted by Crippen LogP contribution is 2.07. The highest BCUT2D eigenvalue weighted by molar-refractivity contribution is 6.31. The van der Waals surface area contributed by atoms with Gasteiger partial charge in [0.15, 0.2) is 5.15 Å². The van der Waals surface area contributed by atoms with Gasteiger partial charge in [-0.3, -0.25) is 9.36 Å². The van der Waals surface area contributed by atoms with Crippen molar-refractivity contribution < 1.29 is 0 Å². The number of hydrogen-bond donors (Lipinski definition) is 1. The van der Waals surface area contributed by atoms with Gasteiger partial charge in [-0.2, -0.15) is 0 Å². The number of nitrogens with two attached hydrogens (primary N) is 1. The smallest absolute Gasteiger partial charge is 0.278 e. The Balaban J connectivity index is 3.11. The van der Waals surface area contributed by atoms with Crippen molar-refractivity contribution in [1.82, 2.24) is 9.55 Å². The van der Waals surface area contributed by atoms with Crippen LogP contribution in [-0.2, 0) is 6.54 Å². The molecule has 0 amide bonds. The Morgan fingerprint density at radius 1 is 1.69 bits per heavy atom. The van der Waals surface area contributed by atoms with Crippen molar-refractivity contribution in [3.05, 3.63) is 33.4 Å². The topological polar surface area (TPSA) is 60.9 Å². The van der Waals surface area contributed by atoms with E-state index in [-0.39, 0.29) is 16.4 Å². The molecule has 0 aliphatic carbocycles. The molecule has 70 valence electrons. The summed E-state index contributed by atoms with van der Waals surface area (Å²) < 4.78 is 1.31. The lowest BCUT2D eigenvalue weighted by Gasteiger charge is -2.02. The molecule has 6 heteroatoms. The van der Waals surface area contributed by atoms with Crippen LogP contribution in [0.25, 0.3) is 0 Å². The monoisotopic (exact) mass is 219 g/mol. The van der Waals surface area contributed by atoms with Gasteiger partial charge in [0.05, 0.1) is 6.33 Å². The highest BCUT2D eigenvalue weighted by Gasteiger charge is 2.04. The molecule has 0 unspecified atom stereocenters. The first kappa shape index (κ1) is 10.1. The summed E-state index contributed by atoms with van der Waals surface area (Å²) in [4.78, 5) is 15.1. The first-order valence-corrected chi connectivity index (χ1v) is 4.24. The molecule has 1 heterocycles. The standard InChI is InChI=1S/C7H7Cl2N3O/c8-2-1-3-12-4-11-6(9)5(10)7(12)13/h1-2,4H,3,10H2/b2-1+. The minimum absolute atomic E-state index is 0.0242. The summed E-state index contributed by atoms with van der Waals surface area (Å²) in [6.45, 7) is 0.330. The molecule has 0 aliphatic rings. The van der Waals surface area contributed by atoms with Crippen molar-refractivity contribution in [3.8, 4) is 0 Å². The number of nitrogen functional groups attached to an aromatic ring is 1. The molecular formula is C7H7Cl2N3O. The fraction of sp³-hybridized carbons (Fsp3) is 0.143. The summed E-state index contributed by atoms with van der Waals surface area (Å²) in [5.41, 5.74) is 6.27. The molecule has 0 spiro atoms. The van der Waals surface area contributed by atoms with E-state index in [9.17, 15) is 4.79 Å². The summed E-state index contributed by atoms with van der Waals surface area (Å²) in [5, 5.41) is 0.0242. The zero-order valence-corrected chi connectivity index (χ0v) is 8.09. The SMILES string of the molecule is Nc1c(Cl)ncn(C/C=C/Cl)c1=O. The van der Waals surface area contributed by atoms with E-state index < -0.39 is 0 Å². The molecule has 0 aliphatic heterocycles. The lowest BCUT2D eigenvalue weighted by Crippen LogP contribution is -2.23. The van der Waals surface area contributed by atoms with Gasteiger partial charge in [-0.25, -0.2) is 4.98 Å². The number of allylic oxidation sites excluding steroid dienone is 1. The van der Waals surface area contributed by atoms with E-state index >= 15 is 0 Å². The van der Waals surface area contributed by atoms with Crippen LogP contribution in [0.4, 0.5) is 5.69 Å². The van der Waals surface area contributed by atoms with Crippen LogP contribution in [-0.4, -0.2) is 9.55 Å². The number of halogens is 2. The lowest BCUT2D eigenvalue weighted by atomic mass is 10.5. The molecule has 1 aromatic rings. The predicted octanol–water partition coefficient (Wildman–Crippen LogP) is 1.23. The quantitative estimate of drug-likeness (QED) is 0.762. The molecule has 0 saturated heterocycles. The van der Waals surface area contributed by atoms with Gasteiger partial charge in [-0.15, -0.1) is 0 Å². The second-order valence-electron chi connectivity index (χ2n) is 2.27. The number of anilines is 1. The van der Waals surface area contributed by atoms with Gasteiger partial charge in [0.1, 0.15) is 5.69 Å². The van der Waals surface area contributed by atoms with Crippen LogP contribution in [0.15, 0.2) is 22.7 Å². The van der Waals surface area contributed by atoms with Crippen LogP contribution in [0.3, 0.4) is 0 Å². The molecule has 1 aromatic heterocycles. The average molecular weight is 220 g/mol. The van der Waals surface area contributed by atoms with E-state index in [1.165, 1.54) is 16.4 Å². The van der Waals surface area contributed by atoms with Crippen LogP contribution in [0.5, 0.6) is 0 Å². The molecule has 13 heavy (non-hydrogen) atoms. The van der Waals surface area contributed by atoms with E-state index in [0.717, 1.165) is 0 Å². The molecule has 0 aromatic carbocycles. The minimum atomic E-state index is -0.366. The normalized spacial score (nSPS) is 10.9. The average Bonchev–Trinajstić information content (AvgIpc) is 2.13. The highest BCUT2D eigenvalue weighted by atomic mass is 35.5. The lowest BCUT2D eigenvalue weighted by molar-refractivity contribution is 0.757. The van der Waals surface area contributed by atoms with Gasteiger partial charge in [-0.1, -0.05) is 29.3 Å². The van der Waals surface area contributed by atoms with Gasteiger partial charge in [0, 0.05) is 12.1 Å². The third-order valence-corrected chi connectivity index (χ3v) is 1.89. The van der Waals surface area contributed by atoms with Gasteiger partial charge in [-0.05, 0) is 0 Å². The summed E-state index contributed by atoms with van der Waals surface area (Å²) >= 11 is 10.8. The van der Waals surface area contributed by atoms with Crippen LogP contribution < -0.4 is 11.3 Å². The van der Waals surface area contributed by atoms with Gasteiger partial charge >= 0.3 is 0 Å². The molecule has 0 fully saturated rings. The van der Waals surface area contributed by atoms with Crippen molar-refractivity contribution in [3.63, 3.8) is 0 Å². The Hall–Kier alpha value is -1.00. The minimum Gasteiger partial charge on any atom is -0.392 e. The number of nitrogens with zero attached hydrogens (tertiary/aromatic N) is 2. The predicted molar refractivity (Wildman–Crippen MR) is 52.9 cm³/mol. The van der Waals surface area contributed by atoms with Gasteiger partial charge in [0.25, 0.3) is 5.56 Å². The van der Waals surface area contributed by atoms with Crippen molar-refractivity contribution >= 4 is 28.9 Å². The molecular weight excluding hydrogens is 213 g/mol. The Labute approximate surface area is 84.6 Å². The van der Waals surface area contributed by atoms with Crippen LogP contribution in [0.2, 0.25) is 5.15 Å². The van der Waals surface area contributed by atoms with E-state index in [0.29, 0.717) is 6.54 Å². The maximum absolute atomic E-state index is 11.3. The maximum atomic E-state index is 11.3. The van der Waals surface area contributed by atoms with Crippen LogP contribution in [0, 0.1) is 0 Å². The van der Waals surface area contributed by atoms with Crippen molar-refractivity contribution in [2.75, 3.05) is 5.73 Å². The third kappa shape index (κ3) is 2.23. The van der Waals surface area contributed by atoms with E-state index in [1.807, 2.05) is 0 Å². The number of rotatable bonds is 2. The summed E-state index contributed by atoms with van der Waals surface area (Å²) in [5.74, 6) is 0. The zero-order valence-electron chi connectivity index (χ0n) is 6.58. The molecule has 0 saturated carbocycles. The van der Waals surface area contributed by atoms with E-state index in [1.54, 1.807) is 6.08 Å². The Morgan fingerprint density at radius 3 is 3.00 bits per heavy atom. The molecule has 4 nitrogen and oxygen atoms in total. The Kier molecular flexibility index (Phi) is 3.33. The third-order valence-electron chi connectivity index (χ3n) is 1.42. The molecule has 1 rings (SSSR count). The first-order valence-electron chi connectivity index (χ1n) is 3.42. The first-order chi connectivity index (χ1) is 6.16. The summed E-state index contributed by atoms with van der Waals surface area (Å²) in [7, 11) is 0. The largest absolute Gasteiger partial charge is 0.392 e. The van der Waals surface area contributed by atoms with Crippen molar-refractivity contribution in [2.24, 2.45) is 0 Å². The number of aromatic nitrogens is 2. The van der Waals surface area contributed by atoms with E-state index in [4.69, 9.17) is 28.9 Å². The zero-order chi connectivity index (χ0) is 9.84. The Morgan fingerprint density at radius 2 is 2.38 bits per heavy atom. The van der Waals surface area contributed by atoms with Crippen molar-refractivity contribution in [1.29, 1.82) is 0 Å². The molecule has 0 atom stereocenters. The van der Waals surface area contributed by atoms with Crippen LogP contribution >= 0.6 is 23.2 Å². The summed E-state index contributed by atoms with van der Waals surface area (Å²) in [6, 6.07) is 0. The second kappa shape index (κ2) is 4.30. The fourth-order valence-corrected chi connectivity index (χ4v) is 0.973. The Bertz CT molecular complexity index is 386.